The number of aromatic amines is 1. The number of para-hydroxylation sites is 2. The normalized spacial score (nSPS) is 15.4. The minimum absolute atomic E-state index is 0.116. The van der Waals surface area contributed by atoms with E-state index in [0.717, 1.165) is 16.6 Å². The summed E-state index contributed by atoms with van der Waals surface area (Å²) in [5, 5.41) is 8.77. The lowest BCUT2D eigenvalue weighted by atomic mass is 10.0. The Hall–Kier alpha value is -3.48. The number of hydrogen-bond donors (Lipinski definition) is 2. The fraction of sp³-hybridized carbons (Fsp3) is 0.304. The first-order valence-corrected chi connectivity index (χ1v) is 10.1. The van der Waals surface area contributed by atoms with Gasteiger partial charge in [0.1, 0.15) is 11.5 Å². The smallest absolute Gasteiger partial charge is 0.268 e. The molecule has 0 aliphatic carbocycles. The number of carbonyl (C=O) groups excluding carboxylic acids is 2. The van der Waals surface area contributed by atoms with E-state index in [-0.39, 0.29) is 30.2 Å². The van der Waals surface area contributed by atoms with Gasteiger partial charge in [-0.15, -0.1) is 0 Å². The van der Waals surface area contributed by atoms with Gasteiger partial charge in [-0.2, -0.15) is 5.10 Å². The summed E-state index contributed by atoms with van der Waals surface area (Å²) in [6.45, 7) is 6.02. The fourth-order valence-corrected chi connectivity index (χ4v) is 3.57. The zero-order chi connectivity index (χ0) is 21.3. The van der Waals surface area contributed by atoms with Gasteiger partial charge >= 0.3 is 0 Å². The van der Waals surface area contributed by atoms with Crippen LogP contribution in [0.1, 0.15) is 44.1 Å². The summed E-state index contributed by atoms with van der Waals surface area (Å²) >= 11 is 0. The highest BCUT2D eigenvalue weighted by Crippen LogP contribution is 2.24. The number of hydrazone groups is 1. The zero-order valence-electron chi connectivity index (χ0n) is 17.3. The highest BCUT2D eigenvalue weighted by atomic mass is 16.2. The average molecular weight is 403 g/mol. The third kappa shape index (κ3) is 3.96. The van der Waals surface area contributed by atoms with E-state index >= 15 is 0 Å². The number of hydrogen-bond acceptors (Lipinski definition) is 4. The van der Waals surface area contributed by atoms with Crippen LogP contribution in [-0.2, 0) is 9.59 Å². The fourth-order valence-electron chi connectivity index (χ4n) is 3.57. The quantitative estimate of drug-likeness (QED) is 0.678. The van der Waals surface area contributed by atoms with Crippen molar-refractivity contribution in [3.63, 3.8) is 0 Å². The lowest BCUT2D eigenvalue weighted by molar-refractivity contribution is -0.119. The molecule has 0 spiro atoms. The van der Waals surface area contributed by atoms with Gasteiger partial charge in [0, 0.05) is 12.8 Å². The van der Waals surface area contributed by atoms with Crippen LogP contribution < -0.4 is 10.3 Å². The molecule has 1 atom stereocenters. The van der Waals surface area contributed by atoms with Crippen molar-refractivity contribution in [2.75, 3.05) is 5.01 Å². The van der Waals surface area contributed by atoms with E-state index in [0.29, 0.717) is 23.6 Å². The zero-order valence-corrected chi connectivity index (χ0v) is 17.3. The number of aromatic nitrogens is 2. The number of anilines is 1. The number of nitrogens with one attached hydrogen (secondary N) is 2. The molecule has 7 nitrogen and oxygen atoms in total. The molecule has 4 rings (SSSR count). The molecule has 3 aromatic rings. The van der Waals surface area contributed by atoms with Crippen LogP contribution in [0.2, 0.25) is 0 Å². The van der Waals surface area contributed by atoms with Gasteiger partial charge in [-0.05, 0) is 42.7 Å². The number of amides is 2. The van der Waals surface area contributed by atoms with E-state index in [9.17, 15) is 9.59 Å². The maximum Gasteiger partial charge on any atom is 0.268 e. The Bertz CT molecular complexity index is 1100. The maximum absolute atomic E-state index is 13.0. The van der Waals surface area contributed by atoms with Crippen molar-refractivity contribution >= 4 is 34.2 Å². The summed E-state index contributed by atoms with van der Waals surface area (Å²) < 4.78 is 0. The number of fused-ring (bicyclic) bond motifs is 1. The van der Waals surface area contributed by atoms with Gasteiger partial charge < -0.3 is 10.3 Å². The van der Waals surface area contributed by atoms with Crippen molar-refractivity contribution in [3.05, 3.63) is 59.9 Å². The molecule has 1 aliphatic rings. The van der Waals surface area contributed by atoms with E-state index < -0.39 is 0 Å². The molecule has 0 saturated carbocycles. The number of benzene rings is 2. The predicted octanol–water partition coefficient (Wildman–Crippen LogP) is 3.87. The van der Waals surface area contributed by atoms with Crippen LogP contribution in [0.3, 0.4) is 0 Å². The monoisotopic (exact) mass is 403 g/mol. The predicted molar refractivity (Wildman–Crippen MR) is 117 cm³/mol. The van der Waals surface area contributed by atoms with Crippen molar-refractivity contribution in [1.82, 2.24) is 15.3 Å². The number of carbonyl (C=O) groups is 2. The Kier molecular flexibility index (Phi) is 5.35. The summed E-state index contributed by atoms with van der Waals surface area (Å²) in [5.41, 5.74) is 3.83. The standard InChI is InChI=1S/C23H25N5O2/c1-14(2)21(22-24-17-9-4-5-10-18(17)25-22)26-23(30)19-11-12-20(29)28(27-19)16-8-6-7-15(3)13-16/h4-10,13-14,21H,11-12H2,1-3H3,(H,24,25)(H,26,30)/t21-/m0/s1. The summed E-state index contributed by atoms with van der Waals surface area (Å²) in [6.07, 6.45) is 0.565. The van der Waals surface area contributed by atoms with Crippen LogP contribution in [0, 0.1) is 12.8 Å². The number of imidazole rings is 1. The van der Waals surface area contributed by atoms with E-state index in [1.54, 1.807) is 0 Å². The highest BCUT2D eigenvalue weighted by Gasteiger charge is 2.29. The lowest BCUT2D eigenvalue weighted by Crippen LogP contribution is -2.41. The van der Waals surface area contributed by atoms with Crippen molar-refractivity contribution in [1.29, 1.82) is 0 Å². The van der Waals surface area contributed by atoms with E-state index in [4.69, 9.17) is 0 Å². The lowest BCUT2D eigenvalue weighted by Gasteiger charge is -2.25. The molecule has 0 fully saturated rings. The van der Waals surface area contributed by atoms with Gasteiger partial charge in [-0.1, -0.05) is 38.1 Å². The molecule has 0 saturated heterocycles. The topological polar surface area (TPSA) is 90.4 Å². The molecule has 7 heteroatoms. The molecule has 1 aromatic heterocycles. The van der Waals surface area contributed by atoms with Gasteiger partial charge in [0.05, 0.1) is 22.8 Å². The van der Waals surface area contributed by atoms with Crippen molar-refractivity contribution in [2.24, 2.45) is 11.0 Å². The molecule has 0 unspecified atom stereocenters. The molecule has 2 aromatic carbocycles. The van der Waals surface area contributed by atoms with Gasteiger partial charge in [0.15, 0.2) is 0 Å². The molecule has 2 N–H and O–H groups in total. The highest BCUT2D eigenvalue weighted by molar-refractivity contribution is 6.40. The number of nitrogens with zero attached hydrogens (tertiary/aromatic N) is 3. The van der Waals surface area contributed by atoms with Gasteiger partial charge in [-0.3, -0.25) is 9.59 Å². The molecule has 0 bridgehead atoms. The summed E-state index contributed by atoms with van der Waals surface area (Å²) in [7, 11) is 0. The number of aryl methyl sites for hydroxylation is 1. The molecule has 0 radical (unpaired) electrons. The molecule has 2 heterocycles. The Morgan fingerprint density at radius 2 is 1.93 bits per heavy atom. The molecule has 1 aliphatic heterocycles. The first-order valence-electron chi connectivity index (χ1n) is 10.1. The molecular formula is C23H25N5O2. The maximum atomic E-state index is 13.0. The minimum atomic E-state index is -0.294. The third-order valence-electron chi connectivity index (χ3n) is 5.20. The molecule has 2 amide bonds. The Morgan fingerprint density at radius 3 is 2.67 bits per heavy atom. The molecule has 154 valence electrons. The second-order valence-electron chi connectivity index (χ2n) is 7.93. The van der Waals surface area contributed by atoms with Crippen molar-refractivity contribution in [2.45, 2.75) is 39.7 Å². The Morgan fingerprint density at radius 1 is 1.13 bits per heavy atom. The van der Waals surface area contributed by atoms with E-state index in [1.807, 2.05) is 69.3 Å². The Labute approximate surface area is 175 Å². The van der Waals surface area contributed by atoms with E-state index in [2.05, 4.69) is 20.4 Å². The SMILES string of the molecule is Cc1cccc(N2N=C(C(=O)N[C@H](c3nc4ccccc4[nH]3)C(C)C)CCC2=O)c1. The van der Waals surface area contributed by atoms with Gasteiger partial charge in [0.2, 0.25) is 5.91 Å². The molecular weight excluding hydrogens is 378 g/mol. The van der Waals surface area contributed by atoms with Gasteiger partial charge in [-0.25, -0.2) is 9.99 Å². The van der Waals surface area contributed by atoms with Crippen LogP contribution in [0.4, 0.5) is 5.69 Å². The van der Waals surface area contributed by atoms with Crippen LogP contribution in [0.15, 0.2) is 53.6 Å². The summed E-state index contributed by atoms with van der Waals surface area (Å²) in [4.78, 5) is 33.4. The first kappa shape index (κ1) is 19.8. The van der Waals surface area contributed by atoms with Crippen LogP contribution in [-0.4, -0.2) is 27.5 Å². The van der Waals surface area contributed by atoms with Crippen LogP contribution in [0.5, 0.6) is 0 Å². The minimum Gasteiger partial charge on any atom is -0.341 e. The van der Waals surface area contributed by atoms with Gasteiger partial charge in [0.25, 0.3) is 5.91 Å². The number of rotatable bonds is 5. The second-order valence-corrected chi connectivity index (χ2v) is 7.93. The summed E-state index contributed by atoms with van der Waals surface area (Å²) in [5.74, 6) is 0.435. The Balaban J connectivity index is 1.59. The summed E-state index contributed by atoms with van der Waals surface area (Å²) in [6, 6.07) is 15.0. The van der Waals surface area contributed by atoms with Crippen LogP contribution >= 0.6 is 0 Å². The second kappa shape index (κ2) is 8.10. The number of H-pyrrole nitrogens is 1. The van der Waals surface area contributed by atoms with E-state index in [1.165, 1.54) is 5.01 Å². The first-order chi connectivity index (χ1) is 14.4. The molecule has 30 heavy (non-hydrogen) atoms. The average Bonchev–Trinajstić information content (AvgIpc) is 3.15. The van der Waals surface area contributed by atoms with Crippen molar-refractivity contribution in [3.8, 4) is 0 Å². The largest absolute Gasteiger partial charge is 0.341 e. The third-order valence-corrected chi connectivity index (χ3v) is 5.20. The van der Waals surface area contributed by atoms with Crippen molar-refractivity contribution < 1.29 is 9.59 Å². The van der Waals surface area contributed by atoms with Crippen LogP contribution in [0.25, 0.3) is 11.0 Å².